The van der Waals surface area contributed by atoms with Gasteiger partial charge in [0.15, 0.2) is 0 Å². The molecule has 0 spiro atoms. The number of rotatable bonds is 6. The maximum Gasteiger partial charge on any atom is 0.419 e. The second kappa shape index (κ2) is 8.05. The van der Waals surface area contributed by atoms with Crippen LogP contribution in [0.3, 0.4) is 0 Å². The fourth-order valence-corrected chi connectivity index (χ4v) is 3.23. The predicted molar refractivity (Wildman–Crippen MR) is 89.9 cm³/mol. The lowest BCUT2D eigenvalue weighted by Crippen LogP contribution is -2.24. The third kappa shape index (κ3) is 5.27. The molecular weight excluding hydrogens is 388 g/mol. The van der Waals surface area contributed by atoms with Gasteiger partial charge in [0.25, 0.3) is 5.91 Å². The molecule has 0 atom stereocenters. The molecule has 0 heterocycles. The first-order valence-electron chi connectivity index (χ1n) is 7.78. The number of carbonyl (C=O) groups excluding carboxylic acids is 1. The van der Waals surface area contributed by atoms with E-state index in [4.69, 9.17) is 0 Å². The number of hydrogen-bond donors (Lipinski definition) is 2. The van der Waals surface area contributed by atoms with Gasteiger partial charge in [-0.2, -0.15) is 13.2 Å². The minimum absolute atomic E-state index is 0.212. The number of halogens is 4. The Bertz CT molecular complexity index is 926. The Hall–Kier alpha value is -2.46. The average Bonchev–Trinajstić information content (AvgIpc) is 2.60. The predicted octanol–water partition coefficient (Wildman–Crippen LogP) is 3.07. The Labute approximate surface area is 153 Å². The standard InChI is InChI=1S/C17H16F4N2O3S/c1-2-22-16(24)12-5-3-11(4-6-12)10-23-27(25,26)13-7-8-15(18)14(9-13)17(19,20)21/h3-9,23H,2,10H2,1H3,(H,22,24). The summed E-state index contributed by atoms with van der Waals surface area (Å²) in [6, 6.07) is 7.47. The maximum absolute atomic E-state index is 13.3. The minimum Gasteiger partial charge on any atom is -0.352 e. The Kier molecular flexibility index (Phi) is 6.22. The van der Waals surface area contributed by atoms with Crippen molar-refractivity contribution in [2.75, 3.05) is 6.54 Å². The van der Waals surface area contributed by atoms with Crippen LogP contribution in [0.15, 0.2) is 47.4 Å². The van der Waals surface area contributed by atoms with E-state index in [9.17, 15) is 30.8 Å². The van der Waals surface area contributed by atoms with E-state index in [-0.39, 0.29) is 18.5 Å². The molecule has 0 radical (unpaired) electrons. The first-order valence-corrected chi connectivity index (χ1v) is 9.26. The molecule has 0 saturated heterocycles. The van der Waals surface area contributed by atoms with E-state index in [0.717, 1.165) is 6.07 Å². The number of nitrogens with one attached hydrogen (secondary N) is 2. The van der Waals surface area contributed by atoms with E-state index in [1.165, 1.54) is 24.3 Å². The molecule has 0 fully saturated rings. The van der Waals surface area contributed by atoms with Crippen LogP contribution >= 0.6 is 0 Å². The molecule has 0 aliphatic carbocycles. The molecule has 2 aromatic rings. The average molecular weight is 404 g/mol. The summed E-state index contributed by atoms with van der Waals surface area (Å²) >= 11 is 0. The van der Waals surface area contributed by atoms with Crippen molar-refractivity contribution in [1.29, 1.82) is 0 Å². The summed E-state index contributed by atoms with van der Waals surface area (Å²) in [7, 11) is -4.29. The van der Waals surface area contributed by atoms with Crippen LogP contribution in [0.2, 0.25) is 0 Å². The summed E-state index contributed by atoms with van der Waals surface area (Å²) in [5.74, 6) is -1.84. The minimum atomic E-state index is -5.01. The van der Waals surface area contributed by atoms with Gasteiger partial charge >= 0.3 is 6.18 Å². The lowest BCUT2D eigenvalue weighted by Gasteiger charge is -2.11. The summed E-state index contributed by atoms with van der Waals surface area (Å²) in [5, 5.41) is 2.61. The maximum atomic E-state index is 13.3. The van der Waals surface area contributed by atoms with E-state index in [0.29, 0.717) is 23.7 Å². The van der Waals surface area contributed by atoms with Gasteiger partial charge in [0.05, 0.1) is 10.5 Å². The van der Waals surface area contributed by atoms with E-state index in [1.54, 1.807) is 6.92 Å². The topological polar surface area (TPSA) is 75.3 Å². The molecule has 146 valence electrons. The van der Waals surface area contributed by atoms with Gasteiger partial charge in [-0.05, 0) is 42.8 Å². The highest BCUT2D eigenvalue weighted by molar-refractivity contribution is 7.89. The van der Waals surface area contributed by atoms with Gasteiger partial charge in [-0.3, -0.25) is 4.79 Å². The van der Waals surface area contributed by atoms with Gasteiger partial charge in [-0.1, -0.05) is 12.1 Å². The van der Waals surface area contributed by atoms with Gasteiger partial charge < -0.3 is 5.32 Å². The van der Waals surface area contributed by atoms with Crippen molar-refractivity contribution >= 4 is 15.9 Å². The largest absolute Gasteiger partial charge is 0.419 e. The first-order chi connectivity index (χ1) is 12.5. The molecule has 1 amide bonds. The van der Waals surface area contributed by atoms with Crippen molar-refractivity contribution in [2.24, 2.45) is 0 Å². The molecule has 2 N–H and O–H groups in total. The lowest BCUT2D eigenvalue weighted by molar-refractivity contribution is -0.140. The Morgan fingerprint density at radius 2 is 1.70 bits per heavy atom. The smallest absolute Gasteiger partial charge is 0.352 e. The fraction of sp³-hybridized carbons (Fsp3) is 0.235. The van der Waals surface area contributed by atoms with Gasteiger partial charge in [0, 0.05) is 18.7 Å². The molecule has 5 nitrogen and oxygen atoms in total. The number of benzene rings is 2. The van der Waals surface area contributed by atoms with Gasteiger partial charge in [-0.25, -0.2) is 17.5 Å². The molecular formula is C17H16F4N2O3S. The summed E-state index contributed by atoms with van der Waals surface area (Å²) < 4.78 is 78.0. The van der Waals surface area contributed by atoms with Crippen LogP contribution in [-0.2, 0) is 22.7 Å². The second-order valence-corrected chi connectivity index (χ2v) is 7.29. The van der Waals surface area contributed by atoms with E-state index in [1.807, 2.05) is 0 Å². The Balaban J connectivity index is 2.14. The van der Waals surface area contributed by atoms with Crippen molar-refractivity contribution in [3.8, 4) is 0 Å². The second-order valence-electron chi connectivity index (χ2n) is 5.52. The van der Waals surface area contributed by atoms with Crippen molar-refractivity contribution < 1.29 is 30.8 Å². The zero-order valence-electron chi connectivity index (χ0n) is 14.1. The number of carbonyl (C=O) groups is 1. The lowest BCUT2D eigenvalue weighted by atomic mass is 10.1. The SMILES string of the molecule is CCNC(=O)c1ccc(CNS(=O)(=O)c2ccc(F)c(C(F)(F)F)c2)cc1. The summed E-state index contributed by atoms with van der Waals surface area (Å²) in [6.45, 7) is 2.01. The molecule has 0 bridgehead atoms. The zero-order valence-corrected chi connectivity index (χ0v) is 14.9. The highest BCUT2D eigenvalue weighted by atomic mass is 32.2. The summed E-state index contributed by atoms with van der Waals surface area (Å²) in [4.78, 5) is 11.0. The highest BCUT2D eigenvalue weighted by Crippen LogP contribution is 2.32. The fourth-order valence-electron chi connectivity index (χ4n) is 2.19. The van der Waals surface area contributed by atoms with Crippen molar-refractivity contribution in [2.45, 2.75) is 24.5 Å². The molecule has 0 unspecified atom stereocenters. The van der Waals surface area contributed by atoms with Crippen molar-refractivity contribution in [1.82, 2.24) is 10.0 Å². The Morgan fingerprint density at radius 3 is 2.26 bits per heavy atom. The number of sulfonamides is 1. The highest BCUT2D eigenvalue weighted by Gasteiger charge is 2.35. The van der Waals surface area contributed by atoms with Crippen LogP contribution in [0.4, 0.5) is 17.6 Å². The van der Waals surface area contributed by atoms with Gasteiger partial charge in [0.1, 0.15) is 5.82 Å². The molecule has 0 aliphatic heterocycles. The van der Waals surface area contributed by atoms with Gasteiger partial charge in [-0.15, -0.1) is 0 Å². The third-order valence-electron chi connectivity index (χ3n) is 3.57. The van der Waals surface area contributed by atoms with E-state index in [2.05, 4.69) is 10.0 Å². The molecule has 10 heteroatoms. The monoisotopic (exact) mass is 404 g/mol. The van der Waals surface area contributed by atoms with Crippen LogP contribution < -0.4 is 10.0 Å². The molecule has 27 heavy (non-hydrogen) atoms. The number of hydrogen-bond acceptors (Lipinski definition) is 3. The first kappa shape index (κ1) is 20.8. The normalized spacial score (nSPS) is 12.0. The molecule has 2 aromatic carbocycles. The van der Waals surface area contributed by atoms with Crippen LogP contribution in [0.1, 0.15) is 28.4 Å². The molecule has 0 aromatic heterocycles. The summed E-state index contributed by atoms with van der Waals surface area (Å²) in [6.07, 6.45) is -5.01. The Morgan fingerprint density at radius 1 is 1.07 bits per heavy atom. The zero-order chi connectivity index (χ0) is 20.2. The molecule has 2 rings (SSSR count). The van der Waals surface area contributed by atoms with Crippen molar-refractivity contribution in [3.05, 3.63) is 65.0 Å². The van der Waals surface area contributed by atoms with Crippen LogP contribution in [-0.4, -0.2) is 20.9 Å². The van der Waals surface area contributed by atoms with Crippen molar-refractivity contribution in [3.63, 3.8) is 0 Å². The third-order valence-corrected chi connectivity index (χ3v) is 4.97. The molecule has 0 saturated carbocycles. The van der Waals surface area contributed by atoms with Gasteiger partial charge in [0.2, 0.25) is 10.0 Å². The van der Waals surface area contributed by atoms with E-state index >= 15 is 0 Å². The number of alkyl halides is 3. The van der Waals surface area contributed by atoms with Crippen LogP contribution in [0, 0.1) is 5.82 Å². The number of amides is 1. The molecule has 0 aliphatic rings. The van der Waals surface area contributed by atoms with Crippen LogP contribution in [0.5, 0.6) is 0 Å². The van der Waals surface area contributed by atoms with Crippen LogP contribution in [0.25, 0.3) is 0 Å². The quantitative estimate of drug-likeness (QED) is 0.727. The summed E-state index contributed by atoms with van der Waals surface area (Å²) in [5.41, 5.74) is -0.779. The van der Waals surface area contributed by atoms with E-state index < -0.39 is 32.5 Å².